The van der Waals surface area contributed by atoms with E-state index in [4.69, 9.17) is 0 Å². The van der Waals surface area contributed by atoms with Gasteiger partial charge in [0.25, 0.3) is 10.0 Å². The molecule has 0 amide bonds. The van der Waals surface area contributed by atoms with E-state index in [0.29, 0.717) is 5.69 Å². The summed E-state index contributed by atoms with van der Waals surface area (Å²) < 4.78 is 40.1. The summed E-state index contributed by atoms with van der Waals surface area (Å²) in [5, 5.41) is 0. The highest BCUT2D eigenvalue weighted by Gasteiger charge is 2.16. The molecule has 0 aliphatic carbocycles. The second-order valence-corrected chi connectivity index (χ2v) is 6.27. The average Bonchev–Trinajstić information content (AvgIpc) is 2.32. The molecule has 0 saturated heterocycles. The molecule has 1 aromatic heterocycles. The number of hydrogen-bond donors (Lipinski definition) is 1. The molecule has 0 unspecified atom stereocenters. The Morgan fingerprint density at radius 3 is 2.61 bits per heavy atom. The van der Waals surface area contributed by atoms with Gasteiger partial charge < -0.3 is 0 Å². The minimum absolute atomic E-state index is 0.206. The molecule has 2 rings (SSSR count). The van der Waals surface area contributed by atoms with Gasteiger partial charge in [0.1, 0.15) is 10.7 Å². The molecular formula is C11H8FIN2O2S. The Morgan fingerprint density at radius 1 is 1.22 bits per heavy atom. The molecule has 1 aromatic carbocycles. The molecule has 0 radical (unpaired) electrons. The maximum Gasteiger partial charge on any atom is 0.263 e. The number of rotatable bonds is 3. The van der Waals surface area contributed by atoms with Crippen LogP contribution in [-0.4, -0.2) is 13.4 Å². The van der Waals surface area contributed by atoms with E-state index < -0.39 is 15.8 Å². The zero-order valence-electron chi connectivity index (χ0n) is 8.97. The molecule has 4 nitrogen and oxygen atoms in total. The molecule has 0 bridgehead atoms. The van der Waals surface area contributed by atoms with Crippen molar-refractivity contribution in [2.75, 3.05) is 4.72 Å². The fourth-order valence-corrected chi connectivity index (χ4v) is 3.04. The summed E-state index contributed by atoms with van der Waals surface area (Å²) >= 11 is 2.01. The molecule has 0 saturated carbocycles. The van der Waals surface area contributed by atoms with Crippen molar-refractivity contribution in [1.29, 1.82) is 0 Å². The summed E-state index contributed by atoms with van der Waals surface area (Å²) in [6, 6.07) is 7.83. The third-order valence-electron chi connectivity index (χ3n) is 2.11. The maximum atomic E-state index is 13.0. The largest absolute Gasteiger partial charge is 0.279 e. The number of hydrogen-bond acceptors (Lipinski definition) is 3. The quantitative estimate of drug-likeness (QED) is 0.836. The summed E-state index contributed by atoms with van der Waals surface area (Å²) in [7, 11) is -3.82. The third-order valence-corrected chi connectivity index (χ3v) is 4.38. The van der Waals surface area contributed by atoms with Crippen molar-refractivity contribution in [1.82, 2.24) is 4.98 Å². The van der Waals surface area contributed by atoms with Crippen molar-refractivity contribution in [2.24, 2.45) is 0 Å². The molecule has 94 valence electrons. The van der Waals surface area contributed by atoms with E-state index in [1.807, 2.05) is 22.6 Å². The van der Waals surface area contributed by atoms with Crippen LogP contribution in [0.1, 0.15) is 0 Å². The van der Waals surface area contributed by atoms with Crippen LogP contribution in [0.2, 0.25) is 0 Å². The number of sulfonamides is 1. The van der Waals surface area contributed by atoms with Crippen molar-refractivity contribution in [3.63, 3.8) is 0 Å². The SMILES string of the molecule is O=S(=O)(Nc1ccccc1I)c1cncc(F)c1. The van der Waals surface area contributed by atoms with E-state index in [9.17, 15) is 12.8 Å². The second-order valence-electron chi connectivity index (χ2n) is 3.42. The highest BCUT2D eigenvalue weighted by Crippen LogP contribution is 2.21. The number of aromatic nitrogens is 1. The first-order valence-electron chi connectivity index (χ1n) is 4.87. The van der Waals surface area contributed by atoms with Gasteiger partial charge in [0.05, 0.1) is 11.9 Å². The summed E-state index contributed by atoms with van der Waals surface area (Å²) in [4.78, 5) is 3.31. The molecule has 1 heterocycles. The predicted octanol–water partition coefficient (Wildman–Crippen LogP) is 2.63. The van der Waals surface area contributed by atoms with Gasteiger partial charge in [-0.05, 0) is 40.8 Å². The predicted molar refractivity (Wildman–Crippen MR) is 74.2 cm³/mol. The molecule has 0 aliphatic rings. The first-order valence-corrected chi connectivity index (χ1v) is 7.43. The van der Waals surface area contributed by atoms with Crippen LogP contribution in [0.15, 0.2) is 47.6 Å². The van der Waals surface area contributed by atoms with Crippen LogP contribution >= 0.6 is 22.6 Å². The Balaban J connectivity index is 2.37. The van der Waals surface area contributed by atoms with Gasteiger partial charge in [-0.25, -0.2) is 12.8 Å². The minimum Gasteiger partial charge on any atom is -0.279 e. The molecule has 0 spiro atoms. The molecule has 7 heteroatoms. The standard InChI is InChI=1S/C11H8FIN2O2S/c12-8-5-9(7-14-6-8)18(16,17)15-11-4-2-1-3-10(11)13/h1-7,15H. The number of nitrogens with one attached hydrogen (secondary N) is 1. The zero-order valence-corrected chi connectivity index (χ0v) is 11.9. The Bertz CT molecular complexity index is 676. The van der Waals surface area contributed by atoms with E-state index in [1.54, 1.807) is 24.3 Å². The van der Waals surface area contributed by atoms with E-state index in [-0.39, 0.29) is 4.90 Å². The third kappa shape index (κ3) is 2.96. The molecular weight excluding hydrogens is 370 g/mol. The summed E-state index contributed by atoms with van der Waals surface area (Å²) in [5.74, 6) is -0.694. The van der Waals surface area contributed by atoms with Gasteiger partial charge in [-0.3, -0.25) is 9.71 Å². The number of anilines is 1. The number of pyridine rings is 1. The van der Waals surface area contributed by atoms with Crippen molar-refractivity contribution < 1.29 is 12.8 Å². The number of benzene rings is 1. The number of halogens is 2. The van der Waals surface area contributed by atoms with Crippen molar-refractivity contribution in [2.45, 2.75) is 4.90 Å². The topological polar surface area (TPSA) is 59.1 Å². The Hall–Kier alpha value is -1.22. The zero-order chi connectivity index (χ0) is 13.2. The first-order chi connectivity index (χ1) is 8.49. The second kappa shape index (κ2) is 5.19. The van der Waals surface area contributed by atoms with Crippen LogP contribution in [0.5, 0.6) is 0 Å². The molecule has 1 N–H and O–H groups in total. The van der Waals surface area contributed by atoms with Gasteiger partial charge in [0.15, 0.2) is 0 Å². The van der Waals surface area contributed by atoms with Gasteiger partial charge >= 0.3 is 0 Å². The van der Waals surface area contributed by atoms with Gasteiger partial charge in [-0.2, -0.15) is 0 Å². The fraction of sp³-hybridized carbons (Fsp3) is 0. The van der Waals surface area contributed by atoms with Gasteiger partial charge in [0.2, 0.25) is 0 Å². The molecule has 18 heavy (non-hydrogen) atoms. The Morgan fingerprint density at radius 2 is 1.94 bits per heavy atom. The van der Waals surface area contributed by atoms with Crippen LogP contribution in [0.3, 0.4) is 0 Å². The minimum atomic E-state index is -3.82. The average molecular weight is 378 g/mol. The summed E-state index contributed by atoms with van der Waals surface area (Å²) in [6.45, 7) is 0. The summed E-state index contributed by atoms with van der Waals surface area (Å²) in [5.41, 5.74) is 0.447. The number of nitrogens with zero attached hydrogens (tertiary/aromatic N) is 1. The summed E-state index contributed by atoms with van der Waals surface area (Å²) in [6.07, 6.45) is 2.05. The van der Waals surface area contributed by atoms with Crippen molar-refractivity contribution in [3.05, 3.63) is 52.1 Å². The smallest absolute Gasteiger partial charge is 0.263 e. The van der Waals surface area contributed by atoms with Crippen molar-refractivity contribution >= 4 is 38.3 Å². The highest BCUT2D eigenvalue weighted by molar-refractivity contribution is 14.1. The first kappa shape index (κ1) is 13.2. The lowest BCUT2D eigenvalue weighted by atomic mass is 10.3. The lowest BCUT2D eigenvalue weighted by Crippen LogP contribution is -2.14. The van der Waals surface area contributed by atoms with Crippen LogP contribution in [-0.2, 0) is 10.0 Å². The molecule has 0 aliphatic heterocycles. The normalized spacial score (nSPS) is 11.2. The van der Waals surface area contributed by atoms with Crippen molar-refractivity contribution in [3.8, 4) is 0 Å². The fourth-order valence-electron chi connectivity index (χ4n) is 1.29. The van der Waals surface area contributed by atoms with Crippen LogP contribution < -0.4 is 4.72 Å². The van der Waals surface area contributed by atoms with Crippen LogP contribution in [0, 0.1) is 9.39 Å². The Kier molecular flexibility index (Phi) is 3.81. The van der Waals surface area contributed by atoms with E-state index in [1.165, 1.54) is 0 Å². The van der Waals surface area contributed by atoms with Crippen LogP contribution in [0.25, 0.3) is 0 Å². The van der Waals surface area contributed by atoms with Crippen LogP contribution in [0.4, 0.5) is 10.1 Å². The van der Waals surface area contributed by atoms with E-state index >= 15 is 0 Å². The Labute approximate surface area is 117 Å². The van der Waals surface area contributed by atoms with Gasteiger partial charge in [-0.1, -0.05) is 12.1 Å². The highest BCUT2D eigenvalue weighted by atomic mass is 127. The van der Waals surface area contributed by atoms with E-state index in [2.05, 4.69) is 9.71 Å². The number of para-hydroxylation sites is 1. The maximum absolute atomic E-state index is 13.0. The lowest BCUT2D eigenvalue weighted by Gasteiger charge is -2.09. The molecule has 0 atom stereocenters. The monoisotopic (exact) mass is 378 g/mol. The molecule has 2 aromatic rings. The van der Waals surface area contributed by atoms with Gasteiger partial charge in [0, 0.05) is 9.77 Å². The lowest BCUT2D eigenvalue weighted by molar-refractivity contribution is 0.592. The molecule has 0 fully saturated rings. The van der Waals surface area contributed by atoms with E-state index in [0.717, 1.165) is 22.0 Å². The van der Waals surface area contributed by atoms with Gasteiger partial charge in [-0.15, -0.1) is 0 Å².